The molecule has 0 saturated carbocycles. The molecule has 1 aromatic rings. The molecule has 0 aliphatic heterocycles. The first-order chi connectivity index (χ1) is 8.06. The highest BCUT2D eigenvalue weighted by Gasteiger charge is 2.24. The predicted molar refractivity (Wildman–Crippen MR) is 65.8 cm³/mol. The van der Waals surface area contributed by atoms with Gasteiger partial charge in [0.15, 0.2) is 0 Å². The molecule has 1 aromatic heterocycles. The first kappa shape index (κ1) is 12.1. The van der Waals surface area contributed by atoms with E-state index in [9.17, 15) is 4.79 Å². The number of fused-ring (bicyclic) bond motifs is 1. The molecule has 0 bridgehead atoms. The molecule has 0 unspecified atom stereocenters. The number of hydrogen-bond acceptors (Lipinski definition) is 3. The molecule has 1 amide bonds. The summed E-state index contributed by atoms with van der Waals surface area (Å²) in [7, 11) is 0. The van der Waals surface area contributed by atoms with E-state index in [0.717, 1.165) is 30.5 Å². The van der Waals surface area contributed by atoms with Gasteiger partial charge in [-0.15, -0.1) is 0 Å². The summed E-state index contributed by atoms with van der Waals surface area (Å²) in [6.07, 6.45) is 3.58. The molecule has 0 aromatic carbocycles. The van der Waals surface area contributed by atoms with Crippen LogP contribution in [0.25, 0.3) is 0 Å². The summed E-state index contributed by atoms with van der Waals surface area (Å²) in [4.78, 5) is 11.7. The third kappa shape index (κ3) is 2.87. The maximum atomic E-state index is 11.7. The number of amides is 1. The molecule has 17 heavy (non-hydrogen) atoms. The van der Waals surface area contributed by atoms with Gasteiger partial charge < -0.3 is 4.52 Å². The average Bonchev–Trinajstić information content (AvgIpc) is 2.60. The van der Waals surface area contributed by atoms with Crippen molar-refractivity contribution < 1.29 is 9.32 Å². The van der Waals surface area contributed by atoms with Crippen molar-refractivity contribution in [1.29, 1.82) is 0 Å². The van der Waals surface area contributed by atoms with Crippen molar-refractivity contribution in [1.82, 2.24) is 5.16 Å². The van der Waals surface area contributed by atoms with Crippen LogP contribution in [0.3, 0.4) is 0 Å². The van der Waals surface area contributed by atoms with Gasteiger partial charge in [0.25, 0.3) is 0 Å². The molecule has 1 aliphatic carbocycles. The number of carbonyl (C=O) groups is 1. The van der Waals surface area contributed by atoms with Crippen molar-refractivity contribution in [2.75, 3.05) is 5.32 Å². The van der Waals surface area contributed by atoms with E-state index in [1.807, 2.05) is 13.8 Å². The first-order valence-electron chi connectivity index (χ1n) is 6.33. The molecule has 1 aliphatic rings. The molecule has 0 radical (unpaired) electrons. The Hall–Kier alpha value is -1.32. The number of rotatable bonds is 3. The van der Waals surface area contributed by atoms with Gasteiger partial charge >= 0.3 is 0 Å². The quantitative estimate of drug-likeness (QED) is 0.878. The highest BCUT2D eigenvalue weighted by molar-refractivity contribution is 5.90. The zero-order valence-corrected chi connectivity index (χ0v) is 10.7. The topological polar surface area (TPSA) is 55.1 Å². The summed E-state index contributed by atoms with van der Waals surface area (Å²) >= 11 is 0. The Balaban J connectivity index is 2.07. The second-order valence-electron chi connectivity index (χ2n) is 5.43. The minimum atomic E-state index is 0.0113. The van der Waals surface area contributed by atoms with Gasteiger partial charge in [0.1, 0.15) is 0 Å². The summed E-state index contributed by atoms with van der Waals surface area (Å²) < 4.78 is 5.24. The van der Waals surface area contributed by atoms with Crippen LogP contribution in [0.1, 0.15) is 44.9 Å². The van der Waals surface area contributed by atoms with Crippen LogP contribution < -0.4 is 5.32 Å². The van der Waals surface area contributed by atoms with Gasteiger partial charge in [-0.2, -0.15) is 0 Å². The van der Waals surface area contributed by atoms with Crippen LogP contribution in [-0.2, 0) is 17.6 Å². The summed E-state index contributed by atoms with van der Waals surface area (Å²) in [6, 6.07) is 0. The molecular weight excluding hydrogens is 216 g/mol. The number of carbonyl (C=O) groups excluding carboxylic acids is 1. The Morgan fingerprint density at radius 3 is 3.06 bits per heavy atom. The van der Waals surface area contributed by atoms with Gasteiger partial charge in [0, 0.05) is 12.0 Å². The van der Waals surface area contributed by atoms with Crippen LogP contribution in [-0.4, -0.2) is 11.1 Å². The standard InChI is InChI=1S/C13H20N2O2/c1-8(2)6-12(16)14-13-10-7-9(3)4-5-11(10)15-17-13/h8-9H,4-7H2,1-3H3,(H,14,16)/t9-/m1/s1. The largest absolute Gasteiger partial charge is 0.338 e. The fourth-order valence-electron chi connectivity index (χ4n) is 2.23. The van der Waals surface area contributed by atoms with E-state index in [1.165, 1.54) is 0 Å². The second kappa shape index (κ2) is 4.90. The fraction of sp³-hybridized carbons (Fsp3) is 0.692. The predicted octanol–water partition coefficient (Wildman–Crippen LogP) is 2.78. The van der Waals surface area contributed by atoms with Crippen molar-refractivity contribution >= 4 is 11.8 Å². The number of nitrogens with one attached hydrogen (secondary N) is 1. The Labute approximate surface area is 102 Å². The third-order valence-electron chi connectivity index (χ3n) is 3.14. The maximum absolute atomic E-state index is 11.7. The van der Waals surface area contributed by atoms with Gasteiger partial charge in [-0.1, -0.05) is 25.9 Å². The first-order valence-corrected chi connectivity index (χ1v) is 6.33. The lowest BCUT2D eigenvalue weighted by atomic mass is 9.89. The minimum absolute atomic E-state index is 0.0113. The van der Waals surface area contributed by atoms with Crippen molar-refractivity contribution in [2.24, 2.45) is 11.8 Å². The second-order valence-corrected chi connectivity index (χ2v) is 5.43. The van der Waals surface area contributed by atoms with Gasteiger partial charge in [0.2, 0.25) is 11.8 Å². The average molecular weight is 236 g/mol. The lowest BCUT2D eigenvalue weighted by Crippen LogP contribution is -2.16. The van der Waals surface area contributed by atoms with Gasteiger partial charge in [-0.3, -0.25) is 10.1 Å². The molecule has 1 heterocycles. The molecule has 1 N–H and O–H groups in total. The van der Waals surface area contributed by atoms with Crippen LogP contribution >= 0.6 is 0 Å². The van der Waals surface area contributed by atoms with Gasteiger partial charge in [-0.05, 0) is 31.1 Å². The Bertz CT molecular complexity index is 410. The van der Waals surface area contributed by atoms with Crippen LogP contribution in [0.5, 0.6) is 0 Å². The highest BCUT2D eigenvalue weighted by Crippen LogP contribution is 2.30. The van der Waals surface area contributed by atoms with Crippen molar-refractivity contribution in [2.45, 2.75) is 46.5 Å². The highest BCUT2D eigenvalue weighted by atomic mass is 16.5. The molecular formula is C13H20N2O2. The summed E-state index contributed by atoms with van der Waals surface area (Å²) in [5.41, 5.74) is 2.11. The van der Waals surface area contributed by atoms with E-state index in [-0.39, 0.29) is 5.91 Å². The minimum Gasteiger partial charge on any atom is -0.338 e. The fourth-order valence-corrected chi connectivity index (χ4v) is 2.23. The van der Waals surface area contributed by atoms with E-state index < -0.39 is 0 Å². The molecule has 0 fully saturated rings. The molecule has 0 saturated heterocycles. The maximum Gasteiger partial charge on any atom is 0.234 e. The van der Waals surface area contributed by atoms with E-state index in [2.05, 4.69) is 17.4 Å². The lowest BCUT2D eigenvalue weighted by Gasteiger charge is -2.16. The smallest absolute Gasteiger partial charge is 0.234 e. The number of aryl methyl sites for hydroxylation is 1. The molecule has 1 atom stereocenters. The molecule has 0 spiro atoms. The molecule has 94 valence electrons. The van der Waals surface area contributed by atoms with Crippen LogP contribution in [0.2, 0.25) is 0 Å². The normalized spacial score (nSPS) is 19.2. The molecule has 2 rings (SSSR count). The van der Waals surface area contributed by atoms with Gasteiger partial charge in [0.05, 0.1) is 5.69 Å². The van der Waals surface area contributed by atoms with E-state index in [0.29, 0.717) is 24.1 Å². The lowest BCUT2D eigenvalue weighted by molar-refractivity contribution is -0.117. The monoisotopic (exact) mass is 236 g/mol. The zero-order chi connectivity index (χ0) is 12.4. The van der Waals surface area contributed by atoms with Gasteiger partial charge in [-0.25, -0.2) is 0 Å². The summed E-state index contributed by atoms with van der Waals surface area (Å²) in [5.74, 6) is 1.57. The SMILES string of the molecule is CC(C)CC(=O)Nc1onc2c1C[C@H](C)CC2. The summed E-state index contributed by atoms with van der Waals surface area (Å²) in [6.45, 7) is 6.27. The Kier molecular flexibility index (Phi) is 3.50. The number of hydrogen-bond donors (Lipinski definition) is 1. The molecule has 4 heteroatoms. The summed E-state index contributed by atoms with van der Waals surface area (Å²) in [5, 5.41) is 6.87. The van der Waals surface area contributed by atoms with E-state index in [1.54, 1.807) is 0 Å². The van der Waals surface area contributed by atoms with Crippen molar-refractivity contribution in [3.05, 3.63) is 11.3 Å². The molecule has 4 nitrogen and oxygen atoms in total. The van der Waals surface area contributed by atoms with Crippen molar-refractivity contribution in [3.63, 3.8) is 0 Å². The van der Waals surface area contributed by atoms with Crippen LogP contribution in [0.15, 0.2) is 4.52 Å². The third-order valence-corrected chi connectivity index (χ3v) is 3.14. The van der Waals surface area contributed by atoms with Crippen LogP contribution in [0, 0.1) is 11.8 Å². The Morgan fingerprint density at radius 1 is 1.59 bits per heavy atom. The Morgan fingerprint density at radius 2 is 2.35 bits per heavy atom. The van der Waals surface area contributed by atoms with E-state index in [4.69, 9.17) is 4.52 Å². The number of anilines is 1. The number of nitrogens with zero attached hydrogens (tertiary/aromatic N) is 1. The van der Waals surface area contributed by atoms with Crippen molar-refractivity contribution in [3.8, 4) is 0 Å². The zero-order valence-electron chi connectivity index (χ0n) is 10.7. The number of aromatic nitrogens is 1. The van der Waals surface area contributed by atoms with Crippen LogP contribution in [0.4, 0.5) is 5.88 Å². The van der Waals surface area contributed by atoms with E-state index >= 15 is 0 Å².